The number of hydrogen-bond donors (Lipinski definition) is 1. The molecular weight excluding hydrogens is 240 g/mol. The maximum atomic E-state index is 11.5. The predicted octanol–water partition coefficient (Wildman–Crippen LogP) is 2.31. The smallest absolute Gasteiger partial charge is 0.342 e. The first-order chi connectivity index (χ1) is 8.24. The number of carbonyl (C=O) groups is 1. The molecule has 1 saturated heterocycles. The van der Waals surface area contributed by atoms with Crippen LogP contribution in [0.4, 0.5) is 5.69 Å². The van der Waals surface area contributed by atoms with E-state index in [0.29, 0.717) is 17.3 Å². The molecule has 2 rings (SSSR count). The van der Waals surface area contributed by atoms with Crippen molar-refractivity contribution in [3.63, 3.8) is 0 Å². The van der Waals surface area contributed by atoms with Gasteiger partial charge in [-0.3, -0.25) is 4.90 Å². The maximum absolute atomic E-state index is 11.5. The maximum Gasteiger partial charge on any atom is 0.345 e. The van der Waals surface area contributed by atoms with Gasteiger partial charge in [0.15, 0.2) is 0 Å². The van der Waals surface area contributed by atoms with Crippen LogP contribution in [-0.4, -0.2) is 30.5 Å². The van der Waals surface area contributed by atoms with Gasteiger partial charge in [0.05, 0.1) is 12.2 Å². The first-order valence-electron chi connectivity index (χ1n) is 5.67. The van der Waals surface area contributed by atoms with E-state index in [2.05, 4.69) is 10.4 Å². The summed E-state index contributed by atoms with van der Waals surface area (Å²) in [6, 6.07) is 7.04. The van der Waals surface area contributed by atoms with Gasteiger partial charge in [-0.15, -0.1) is 0 Å². The molecule has 0 unspecified atom stereocenters. The van der Waals surface area contributed by atoms with Crippen LogP contribution in [0, 0.1) is 0 Å². The second-order valence-electron chi connectivity index (χ2n) is 4.07. The van der Waals surface area contributed by atoms with Crippen LogP contribution in [0.15, 0.2) is 24.3 Å². The molecule has 0 radical (unpaired) electrons. The molecule has 1 aliphatic rings. The number of hydrogen-bond acceptors (Lipinski definition) is 4. The fourth-order valence-electron chi connectivity index (χ4n) is 1.82. The molecule has 1 N–H and O–H groups in total. The Bertz CT molecular complexity index is 392. The predicted molar refractivity (Wildman–Crippen MR) is 66.8 cm³/mol. The van der Waals surface area contributed by atoms with Crippen molar-refractivity contribution in [2.75, 3.05) is 25.1 Å². The number of nitrogens with zero attached hydrogens (tertiary/aromatic N) is 1. The lowest BCUT2D eigenvalue weighted by molar-refractivity contribution is -0.141. The lowest BCUT2D eigenvalue weighted by atomic mass is 10.3. The molecule has 1 heterocycles. The van der Waals surface area contributed by atoms with E-state index in [1.807, 2.05) is 0 Å². The van der Waals surface area contributed by atoms with Gasteiger partial charge in [-0.05, 0) is 44.1 Å². The van der Waals surface area contributed by atoms with Crippen LogP contribution in [0.3, 0.4) is 0 Å². The molecule has 0 spiro atoms. The molecule has 5 heteroatoms. The van der Waals surface area contributed by atoms with E-state index < -0.39 is 0 Å². The van der Waals surface area contributed by atoms with Crippen molar-refractivity contribution >= 4 is 23.3 Å². The van der Waals surface area contributed by atoms with Gasteiger partial charge < -0.3 is 4.84 Å². The fraction of sp³-hybridized carbons (Fsp3) is 0.417. The highest BCUT2D eigenvalue weighted by Gasteiger charge is 2.16. The molecule has 1 aliphatic heterocycles. The lowest BCUT2D eigenvalue weighted by Gasteiger charge is -2.13. The van der Waals surface area contributed by atoms with E-state index in [1.54, 1.807) is 24.3 Å². The molecule has 0 amide bonds. The van der Waals surface area contributed by atoms with Crippen LogP contribution in [-0.2, 0) is 9.63 Å². The van der Waals surface area contributed by atoms with E-state index in [1.165, 1.54) is 0 Å². The molecule has 1 fully saturated rings. The second kappa shape index (κ2) is 5.89. The third-order valence-corrected chi connectivity index (χ3v) is 2.89. The van der Waals surface area contributed by atoms with Crippen molar-refractivity contribution < 1.29 is 9.63 Å². The van der Waals surface area contributed by atoms with Crippen molar-refractivity contribution in [2.24, 2.45) is 0 Å². The third-order valence-electron chi connectivity index (χ3n) is 2.66. The summed E-state index contributed by atoms with van der Waals surface area (Å²) >= 11 is 5.81. The molecular formula is C12H15ClN2O2. The normalized spacial score (nSPS) is 15.8. The zero-order valence-corrected chi connectivity index (χ0v) is 10.2. The Balaban J connectivity index is 1.75. The van der Waals surface area contributed by atoms with Crippen LogP contribution < -0.4 is 5.48 Å². The summed E-state index contributed by atoms with van der Waals surface area (Å²) in [6.07, 6.45) is 2.32. The Kier molecular flexibility index (Phi) is 4.23. The Hall–Kier alpha value is -1.26. The van der Waals surface area contributed by atoms with E-state index in [0.717, 1.165) is 25.9 Å². The summed E-state index contributed by atoms with van der Waals surface area (Å²) in [6.45, 7) is 2.30. The minimum atomic E-state index is -0.271. The summed E-state index contributed by atoms with van der Waals surface area (Å²) in [5.74, 6) is -0.271. The first-order valence-corrected chi connectivity index (χ1v) is 6.05. The van der Waals surface area contributed by atoms with Crippen LogP contribution in [0.2, 0.25) is 5.02 Å². The number of likely N-dealkylation sites (tertiary alicyclic amines) is 1. The Labute approximate surface area is 105 Å². The molecule has 0 saturated carbocycles. The summed E-state index contributed by atoms with van der Waals surface area (Å²) < 4.78 is 0. The summed E-state index contributed by atoms with van der Waals surface area (Å²) in [4.78, 5) is 18.5. The number of nitrogens with one attached hydrogen (secondary N) is 1. The topological polar surface area (TPSA) is 41.6 Å². The van der Waals surface area contributed by atoms with E-state index in [-0.39, 0.29) is 5.97 Å². The van der Waals surface area contributed by atoms with Gasteiger partial charge in [0.2, 0.25) is 0 Å². The number of benzene rings is 1. The van der Waals surface area contributed by atoms with Gasteiger partial charge in [-0.2, -0.15) is 0 Å². The van der Waals surface area contributed by atoms with Crippen molar-refractivity contribution in [1.29, 1.82) is 0 Å². The minimum absolute atomic E-state index is 0.271. The highest BCUT2D eigenvalue weighted by molar-refractivity contribution is 6.30. The molecule has 4 nitrogen and oxygen atoms in total. The standard InChI is InChI=1S/C12H15ClN2O2/c13-10-4-3-5-11(8-10)14-17-12(16)9-15-6-1-2-7-15/h3-5,8,14H,1-2,6-7,9H2. The third kappa shape index (κ3) is 3.91. The summed E-state index contributed by atoms with van der Waals surface area (Å²) in [5, 5.41) is 0.602. The average molecular weight is 255 g/mol. The van der Waals surface area contributed by atoms with Crippen LogP contribution in [0.25, 0.3) is 0 Å². The number of halogens is 1. The van der Waals surface area contributed by atoms with Gasteiger partial charge in [0, 0.05) is 5.02 Å². The molecule has 17 heavy (non-hydrogen) atoms. The van der Waals surface area contributed by atoms with Gasteiger partial charge in [0.1, 0.15) is 0 Å². The molecule has 92 valence electrons. The average Bonchev–Trinajstić information content (AvgIpc) is 2.79. The number of anilines is 1. The van der Waals surface area contributed by atoms with Gasteiger partial charge in [-0.1, -0.05) is 17.7 Å². The number of rotatable bonds is 4. The zero-order chi connectivity index (χ0) is 12.1. The van der Waals surface area contributed by atoms with Gasteiger partial charge in [-0.25, -0.2) is 10.3 Å². The molecule has 0 aliphatic carbocycles. The molecule has 1 aromatic rings. The van der Waals surface area contributed by atoms with Crippen molar-refractivity contribution in [1.82, 2.24) is 4.90 Å². The molecule has 1 aromatic carbocycles. The highest BCUT2D eigenvalue weighted by Crippen LogP contribution is 2.14. The van der Waals surface area contributed by atoms with E-state index in [4.69, 9.17) is 16.4 Å². The van der Waals surface area contributed by atoms with Gasteiger partial charge >= 0.3 is 5.97 Å². The Morgan fingerprint density at radius 2 is 2.18 bits per heavy atom. The van der Waals surface area contributed by atoms with E-state index in [9.17, 15) is 4.79 Å². The van der Waals surface area contributed by atoms with Crippen LogP contribution in [0.5, 0.6) is 0 Å². The largest absolute Gasteiger partial charge is 0.345 e. The quantitative estimate of drug-likeness (QED) is 0.838. The van der Waals surface area contributed by atoms with Crippen molar-refractivity contribution in [2.45, 2.75) is 12.8 Å². The summed E-state index contributed by atoms with van der Waals surface area (Å²) in [5.41, 5.74) is 3.27. The fourth-order valence-corrected chi connectivity index (χ4v) is 2.01. The van der Waals surface area contributed by atoms with Crippen molar-refractivity contribution in [3.05, 3.63) is 29.3 Å². The SMILES string of the molecule is O=C(CN1CCCC1)ONc1cccc(Cl)c1. The monoisotopic (exact) mass is 254 g/mol. The first kappa shape index (κ1) is 12.2. The van der Waals surface area contributed by atoms with Crippen molar-refractivity contribution in [3.8, 4) is 0 Å². The summed E-state index contributed by atoms with van der Waals surface area (Å²) in [7, 11) is 0. The lowest BCUT2D eigenvalue weighted by Crippen LogP contribution is -2.29. The molecule has 0 atom stereocenters. The second-order valence-corrected chi connectivity index (χ2v) is 4.51. The van der Waals surface area contributed by atoms with Gasteiger partial charge in [0.25, 0.3) is 0 Å². The molecule has 0 bridgehead atoms. The molecule has 0 aromatic heterocycles. The minimum Gasteiger partial charge on any atom is -0.342 e. The highest BCUT2D eigenvalue weighted by atomic mass is 35.5. The zero-order valence-electron chi connectivity index (χ0n) is 9.49. The number of carbonyl (C=O) groups excluding carboxylic acids is 1. The Morgan fingerprint density at radius 1 is 1.41 bits per heavy atom. The van der Waals surface area contributed by atoms with Crippen LogP contribution >= 0.6 is 11.6 Å². The van der Waals surface area contributed by atoms with Crippen LogP contribution in [0.1, 0.15) is 12.8 Å². The van der Waals surface area contributed by atoms with E-state index >= 15 is 0 Å². The Morgan fingerprint density at radius 3 is 2.88 bits per heavy atom.